The van der Waals surface area contributed by atoms with E-state index < -0.39 is 38.1 Å². The molecule has 4 heterocycles. The van der Waals surface area contributed by atoms with E-state index in [9.17, 15) is 29.1 Å². The number of fused-ring (bicyclic) bond motifs is 2. The minimum absolute atomic E-state index is 0.0375. The molecule has 0 radical (unpaired) electrons. The molecule has 46 heavy (non-hydrogen) atoms. The van der Waals surface area contributed by atoms with E-state index in [1.54, 1.807) is 34.0 Å². The van der Waals surface area contributed by atoms with Gasteiger partial charge in [0.25, 0.3) is 5.91 Å². The van der Waals surface area contributed by atoms with Crippen molar-refractivity contribution in [1.82, 2.24) is 15.0 Å². The van der Waals surface area contributed by atoms with Crippen LogP contribution in [0.3, 0.4) is 0 Å². The highest BCUT2D eigenvalue weighted by molar-refractivity contribution is 6.71. The highest BCUT2D eigenvalue weighted by atomic mass is 28.4. The third-order valence-corrected chi connectivity index (χ3v) is 11.8. The van der Waals surface area contributed by atoms with Gasteiger partial charge in [-0.2, -0.15) is 0 Å². The lowest BCUT2D eigenvalue weighted by Gasteiger charge is -2.39. The van der Waals surface area contributed by atoms with E-state index in [0.29, 0.717) is 61.4 Å². The molecule has 14 nitrogen and oxygen atoms in total. The fourth-order valence-electron chi connectivity index (χ4n) is 7.27. The lowest BCUT2D eigenvalue weighted by molar-refractivity contribution is -0.154. The van der Waals surface area contributed by atoms with Gasteiger partial charge in [0.1, 0.15) is 0 Å². The number of nitrogens with zero attached hydrogens (tertiary/aromatic N) is 5. The number of ether oxygens (including phenoxy) is 3. The molecule has 5 rings (SSSR count). The standard InChI is InChI=1S/C31H43N5O9Si/c1-19-29(46(4,5)42)25(11-14-34-18-21(12-15-37)32-33-34)45-31(19)23-16-22(36-26(39)17-27(36)44-20(2)38)9-10-24(23)35(30(31)41)13-7-6-8-28(40)43-3/h9-10,16,18-19,25,27,29,37,42H,6-8,11-15,17H2,1-5H3/t19-,25+,27?,29-,31+/m1/s1. The van der Waals surface area contributed by atoms with Crippen LogP contribution >= 0.6 is 0 Å². The second-order valence-corrected chi connectivity index (χ2v) is 16.8. The summed E-state index contributed by atoms with van der Waals surface area (Å²) < 4.78 is 18.7. The van der Waals surface area contributed by atoms with Crippen LogP contribution in [0, 0.1) is 5.92 Å². The maximum absolute atomic E-state index is 14.6. The topological polar surface area (TPSA) is 174 Å². The predicted octanol–water partition coefficient (Wildman–Crippen LogP) is 2.02. The molecule has 1 unspecified atom stereocenters. The number of carbonyl (C=O) groups is 4. The van der Waals surface area contributed by atoms with Gasteiger partial charge < -0.3 is 29.0 Å². The number of benzene rings is 1. The smallest absolute Gasteiger partial charge is 0.305 e. The number of aromatic nitrogens is 3. The molecule has 15 heteroatoms. The molecule has 0 saturated carbocycles. The first-order chi connectivity index (χ1) is 21.8. The Hall–Kier alpha value is -3.66. The molecule has 1 aromatic carbocycles. The summed E-state index contributed by atoms with van der Waals surface area (Å²) in [6.45, 7) is 7.65. The summed E-state index contributed by atoms with van der Waals surface area (Å²) in [5, 5.41) is 17.5. The number of amides is 2. The molecule has 2 fully saturated rings. The number of anilines is 2. The van der Waals surface area contributed by atoms with Crippen molar-refractivity contribution >= 4 is 43.4 Å². The maximum atomic E-state index is 14.6. The molecule has 250 valence electrons. The molecule has 5 atom stereocenters. The Morgan fingerprint density at radius 3 is 2.61 bits per heavy atom. The first kappa shape index (κ1) is 33.7. The Kier molecular flexibility index (Phi) is 9.68. The van der Waals surface area contributed by atoms with E-state index in [2.05, 4.69) is 10.3 Å². The number of hydrogen-bond acceptors (Lipinski definition) is 11. The van der Waals surface area contributed by atoms with Gasteiger partial charge in [-0.15, -0.1) is 5.10 Å². The Morgan fingerprint density at radius 1 is 1.20 bits per heavy atom. The quantitative estimate of drug-likeness (QED) is 0.140. The van der Waals surface area contributed by atoms with Crippen molar-refractivity contribution in [3.05, 3.63) is 35.7 Å². The van der Waals surface area contributed by atoms with Gasteiger partial charge in [0.05, 0.1) is 31.0 Å². The van der Waals surface area contributed by atoms with Crippen LogP contribution in [0.2, 0.25) is 18.6 Å². The Balaban J connectivity index is 1.51. The zero-order valence-electron chi connectivity index (χ0n) is 27.0. The minimum atomic E-state index is -2.93. The summed E-state index contributed by atoms with van der Waals surface area (Å²) in [6, 6.07) is 5.29. The van der Waals surface area contributed by atoms with Gasteiger partial charge in [-0.05, 0) is 50.6 Å². The van der Waals surface area contributed by atoms with Crippen LogP contribution in [0.4, 0.5) is 11.4 Å². The van der Waals surface area contributed by atoms with Gasteiger partial charge in [-0.25, -0.2) is 0 Å². The zero-order valence-corrected chi connectivity index (χ0v) is 28.0. The van der Waals surface area contributed by atoms with Crippen LogP contribution in [-0.4, -0.2) is 89.6 Å². The number of β-lactam (4-membered cyclic amide) rings is 1. The summed E-state index contributed by atoms with van der Waals surface area (Å²) in [7, 11) is -1.59. The van der Waals surface area contributed by atoms with E-state index in [-0.39, 0.29) is 42.8 Å². The summed E-state index contributed by atoms with van der Waals surface area (Å²) in [6.07, 6.45) is 2.74. The molecule has 2 amide bonds. The third-order valence-electron chi connectivity index (χ3n) is 9.29. The van der Waals surface area contributed by atoms with Crippen LogP contribution in [0.15, 0.2) is 24.4 Å². The predicted molar refractivity (Wildman–Crippen MR) is 167 cm³/mol. The lowest BCUT2D eigenvalue weighted by atomic mass is 9.82. The first-order valence-corrected chi connectivity index (χ1v) is 18.8. The number of aliphatic hydroxyl groups excluding tert-OH is 1. The monoisotopic (exact) mass is 657 g/mol. The number of aliphatic hydroxyl groups is 1. The Bertz CT molecular complexity index is 1490. The average molecular weight is 658 g/mol. The Morgan fingerprint density at radius 2 is 1.96 bits per heavy atom. The Labute approximate surface area is 268 Å². The zero-order chi connectivity index (χ0) is 33.4. The molecular weight excluding hydrogens is 614 g/mol. The SMILES string of the molecule is COC(=O)CCCCN1C(=O)[C@@]2(O[C@@H](CCn3cc(CCO)nn3)[C@H]([Si](C)(C)O)[C@H]2C)c2cc(N3C(=O)CC3OC(C)=O)ccc21. The largest absolute Gasteiger partial charge is 0.469 e. The molecule has 2 N–H and O–H groups in total. The van der Waals surface area contributed by atoms with Gasteiger partial charge in [0, 0.05) is 68.4 Å². The fourth-order valence-corrected chi connectivity index (χ4v) is 9.87. The van der Waals surface area contributed by atoms with Crippen molar-refractivity contribution in [1.29, 1.82) is 0 Å². The van der Waals surface area contributed by atoms with Crippen molar-refractivity contribution < 1.29 is 43.3 Å². The third kappa shape index (κ3) is 6.20. The number of rotatable bonds is 13. The molecule has 1 aromatic heterocycles. The van der Waals surface area contributed by atoms with Crippen LogP contribution < -0.4 is 9.80 Å². The molecule has 0 aliphatic carbocycles. The average Bonchev–Trinajstić information content (AvgIpc) is 3.63. The summed E-state index contributed by atoms with van der Waals surface area (Å²) in [5.41, 5.74) is 0.607. The number of esters is 2. The van der Waals surface area contributed by atoms with E-state index in [4.69, 9.17) is 14.2 Å². The molecule has 3 aliphatic heterocycles. The van der Waals surface area contributed by atoms with Crippen LogP contribution in [-0.2, 0) is 52.0 Å². The van der Waals surface area contributed by atoms with Crippen molar-refractivity contribution in [2.75, 3.05) is 30.1 Å². The molecule has 0 bridgehead atoms. The van der Waals surface area contributed by atoms with E-state index in [1.165, 1.54) is 18.9 Å². The maximum Gasteiger partial charge on any atom is 0.305 e. The van der Waals surface area contributed by atoms with E-state index in [0.717, 1.165) is 0 Å². The van der Waals surface area contributed by atoms with E-state index in [1.807, 2.05) is 20.0 Å². The van der Waals surface area contributed by atoms with Crippen LogP contribution in [0.1, 0.15) is 57.2 Å². The van der Waals surface area contributed by atoms with Gasteiger partial charge in [-0.3, -0.25) is 28.8 Å². The van der Waals surface area contributed by atoms with Crippen LogP contribution in [0.25, 0.3) is 0 Å². The highest BCUT2D eigenvalue weighted by Gasteiger charge is 2.66. The van der Waals surface area contributed by atoms with Crippen LogP contribution in [0.5, 0.6) is 0 Å². The van der Waals surface area contributed by atoms with Crippen molar-refractivity contribution in [3.8, 4) is 0 Å². The second kappa shape index (κ2) is 13.2. The summed E-state index contributed by atoms with van der Waals surface area (Å²) in [5.74, 6) is -1.72. The van der Waals surface area contributed by atoms with Gasteiger partial charge in [0.2, 0.25) is 5.91 Å². The van der Waals surface area contributed by atoms with Crippen molar-refractivity contribution in [2.24, 2.45) is 5.92 Å². The molecule has 2 aromatic rings. The molecule has 1 spiro atoms. The molecule has 3 aliphatic rings. The lowest BCUT2D eigenvalue weighted by Crippen LogP contribution is -2.55. The first-order valence-electron chi connectivity index (χ1n) is 15.7. The van der Waals surface area contributed by atoms with Crippen molar-refractivity contribution in [3.63, 3.8) is 0 Å². The number of carbonyl (C=O) groups excluding carboxylic acids is 4. The minimum Gasteiger partial charge on any atom is -0.469 e. The second-order valence-electron chi connectivity index (χ2n) is 12.8. The molecular formula is C31H43N5O9Si. The van der Waals surface area contributed by atoms with E-state index >= 15 is 0 Å². The van der Waals surface area contributed by atoms with Crippen molar-refractivity contribution in [2.45, 2.75) is 95.5 Å². The van der Waals surface area contributed by atoms with Gasteiger partial charge in [0.15, 0.2) is 20.1 Å². The summed E-state index contributed by atoms with van der Waals surface area (Å²) >= 11 is 0. The van der Waals surface area contributed by atoms with Gasteiger partial charge in [-0.1, -0.05) is 12.1 Å². The van der Waals surface area contributed by atoms with Gasteiger partial charge >= 0.3 is 11.9 Å². The number of hydrogen-bond donors (Lipinski definition) is 2. The number of aryl methyl sites for hydroxylation is 1. The normalized spacial score (nSPS) is 25.6. The number of unbranched alkanes of at least 4 members (excludes halogenated alkanes) is 1. The fraction of sp³-hybridized carbons (Fsp3) is 0.613. The number of methoxy groups -OCH3 is 1. The highest BCUT2D eigenvalue weighted by Crippen LogP contribution is 2.60. The molecule has 2 saturated heterocycles. The summed E-state index contributed by atoms with van der Waals surface area (Å²) in [4.78, 5) is 65.4.